The normalized spacial score (nSPS) is 16.5. The molecular weight excluding hydrogens is 384 g/mol. The highest BCUT2D eigenvalue weighted by molar-refractivity contribution is 5.86. The van der Waals surface area contributed by atoms with Gasteiger partial charge in [-0.2, -0.15) is 4.98 Å². The van der Waals surface area contributed by atoms with Crippen LogP contribution in [0.25, 0.3) is 11.0 Å². The number of methoxy groups -OCH3 is 2. The van der Waals surface area contributed by atoms with Gasteiger partial charge < -0.3 is 24.0 Å². The highest BCUT2D eigenvalue weighted by Gasteiger charge is 2.24. The van der Waals surface area contributed by atoms with Crippen LogP contribution in [-0.4, -0.2) is 67.0 Å². The average molecular weight is 408 g/mol. The Morgan fingerprint density at radius 2 is 1.70 bits per heavy atom. The Labute approximate surface area is 174 Å². The number of morpholine rings is 1. The summed E-state index contributed by atoms with van der Waals surface area (Å²) in [6, 6.07) is 4.12. The van der Waals surface area contributed by atoms with Gasteiger partial charge in [0, 0.05) is 26.2 Å². The van der Waals surface area contributed by atoms with Crippen molar-refractivity contribution in [3.8, 4) is 11.5 Å². The van der Waals surface area contributed by atoms with E-state index < -0.39 is 0 Å². The largest absolute Gasteiger partial charge is 0.493 e. The van der Waals surface area contributed by atoms with Crippen LogP contribution in [0.5, 0.6) is 11.5 Å². The quantitative estimate of drug-likeness (QED) is 0.642. The van der Waals surface area contributed by atoms with Gasteiger partial charge in [-0.05, 0) is 29.7 Å². The zero-order valence-electron chi connectivity index (χ0n) is 17.2. The number of anilines is 2. The van der Waals surface area contributed by atoms with Gasteiger partial charge >= 0.3 is 0 Å². The van der Waals surface area contributed by atoms with Gasteiger partial charge in [-0.1, -0.05) is 0 Å². The van der Waals surface area contributed by atoms with Crippen LogP contribution in [0.1, 0.15) is 11.1 Å². The summed E-state index contributed by atoms with van der Waals surface area (Å²) >= 11 is 0. The first kappa shape index (κ1) is 18.8. The molecule has 0 atom stereocenters. The Morgan fingerprint density at radius 3 is 2.47 bits per heavy atom. The maximum atomic E-state index is 5.51. The number of benzene rings is 1. The van der Waals surface area contributed by atoms with Crippen LogP contribution >= 0.6 is 0 Å². The maximum Gasteiger partial charge on any atom is 0.228 e. The molecule has 1 fully saturated rings. The Morgan fingerprint density at radius 1 is 0.933 bits per heavy atom. The number of nitrogens with zero attached hydrogens (tertiary/aromatic N) is 6. The summed E-state index contributed by atoms with van der Waals surface area (Å²) in [5.74, 6) is 3.04. The molecule has 2 aliphatic heterocycles. The van der Waals surface area contributed by atoms with E-state index in [1.54, 1.807) is 26.7 Å². The first-order valence-electron chi connectivity index (χ1n) is 10.1. The minimum Gasteiger partial charge on any atom is -0.493 e. The molecule has 156 valence electrons. The average Bonchev–Trinajstić information content (AvgIpc) is 2.82. The third-order valence-electron chi connectivity index (χ3n) is 5.64. The van der Waals surface area contributed by atoms with Crippen LogP contribution in [0.4, 0.5) is 11.8 Å². The van der Waals surface area contributed by atoms with Crippen LogP contribution < -0.4 is 19.3 Å². The number of aromatic nitrogens is 4. The molecule has 0 unspecified atom stereocenters. The van der Waals surface area contributed by atoms with Gasteiger partial charge in [-0.3, -0.25) is 0 Å². The molecule has 4 heterocycles. The molecule has 0 amide bonds. The van der Waals surface area contributed by atoms with Crippen molar-refractivity contribution in [2.24, 2.45) is 0 Å². The molecule has 0 spiro atoms. The van der Waals surface area contributed by atoms with Crippen LogP contribution in [0.15, 0.2) is 24.7 Å². The second-order valence-electron chi connectivity index (χ2n) is 7.35. The fourth-order valence-corrected chi connectivity index (χ4v) is 4.05. The lowest BCUT2D eigenvalue weighted by molar-refractivity contribution is 0.122. The SMILES string of the molecule is COc1cc2c(cc1OC)CN(c1nc(N3CCOCC3)c3ncncc3n1)CC2. The Bertz CT molecular complexity index is 1070. The molecule has 1 aromatic carbocycles. The van der Waals surface area contributed by atoms with Crippen molar-refractivity contribution < 1.29 is 14.2 Å². The van der Waals surface area contributed by atoms with Gasteiger partial charge in [0.05, 0.1) is 33.6 Å². The third kappa shape index (κ3) is 3.35. The minimum absolute atomic E-state index is 0.685. The molecule has 2 aliphatic rings. The van der Waals surface area contributed by atoms with Gasteiger partial charge in [0.25, 0.3) is 0 Å². The topological polar surface area (TPSA) is 85.7 Å². The number of fused-ring (bicyclic) bond motifs is 2. The first-order chi connectivity index (χ1) is 14.8. The lowest BCUT2D eigenvalue weighted by Crippen LogP contribution is -2.38. The number of hydrogen-bond acceptors (Lipinski definition) is 9. The Balaban J connectivity index is 1.52. The zero-order chi connectivity index (χ0) is 20.5. The molecule has 0 N–H and O–H groups in total. The molecular formula is C21H24N6O3. The van der Waals surface area contributed by atoms with E-state index in [0.29, 0.717) is 25.7 Å². The van der Waals surface area contributed by atoms with E-state index in [-0.39, 0.29) is 0 Å². The van der Waals surface area contributed by atoms with Gasteiger partial charge in [0.2, 0.25) is 5.95 Å². The monoisotopic (exact) mass is 408 g/mol. The molecule has 9 nitrogen and oxygen atoms in total. The smallest absolute Gasteiger partial charge is 0.228 e. The molecule has 0 saturated carbocycles. The second kappa shape index (κ2) is 7.91. The van der Waals surface area contributed by atoms with E-state index >= 15 is 0 Å². The molecule has 0 aliphatic carbocycles. The molecule has 0 bridgehead atoms. The van der Waals surface area contributed by atoms with E-state index in [4.69, 9.17) is 24.2 Å². The molecule has 9 heteroatoms. The van der Waals surface area contributed by atoms with Crippen LogP contribution in [0.2, 0.25) is 0 Å². The molecule has 1 saturated heterocycles. The van der Waals surface area contributed by atoms with E-state index in [9.17, 15) is 0 Å². The summed E-state index contributed by atoms with van der Waals surface area (Å²) in [4.78, 5) is 22.8. The van der Waals surface area contributed by atoms with E-state index in [1.165, 1.54) is 11.1 Å². The van der Waals surface area contributed by atoms with Gasteiger partial charge in [-0.25, -0.2) is 15.0 Å². The van der Waals surface area contributed by atoms with Gasteiger partial charge in [-0.15, -0.1) is 0 Å². The summed E-state index contributed by atoms with van der Waals surface area (Å²) < 4.78 is 16.5. The Kier molecular flexibility index (Phi) is 4.96. The molecule has 5 rings (SSSR count). The standard InChI is InChI=1S/C21H24N6O3/c1-28-17-9-14-3-4-27(12-15(14)10-18(17)29-2)21-24-16-11-22-13-23-19(16)20(25-21)26-5-7-30-8-6-26/h9-11,13H,3-8,12H2,1-2H3. The highest BCUT2D eigenvalue weighted by atomic mass is 16.5. The minimum atomic E-state index is 0.685. The number of hydrogen-bond donors (Lipinski definition) is 0. The summed E-state index contributed by atoms with van der Waals surface area (Å²) in [5, 5.41) is 0. The second-order valence-corrected chi connectivity index (χ2v) is 7.35. The van der Waals surface area contributed by atoms with Crippen molar-refractivity contribution in [1.82, 2.24) is 19.9 Å². The van der Waals surface area contributed by atoms with Crippen molar-refractivity contribution in [2.45, 2.75) is 13.0 Å². The van der Waals surface area contributed by atoms with E-state index in [2.05, 4.69) is 25.8 Å². The lowest BCUT2D eigenvalue weighted by atomic mass is 9.99. The fraction of sp³-hybridized carbons (Fsp3) is 0.429. The third-order valence-corrected chi connectivity index (χ3v) is 5.64. The van der Waals surface area contributed by atoms with E-state index in [0.717, 1.165) is 54.4 Å². The number of ether oxygens (including phenoxy) is 3. The van der Waals surface area contributed by atoms with Crippen LogP contribution in [0.3, 0.4) is 0 Å². The molecule has 2 aromatic heterocycles. The summed E-state index contributed by atoms with van der Waals surface area (Å²) in [5.41, 5.74) is 3.99. The van der Waals surface area contributed by atoms with Crippen molar-refractivity contribution in [1.29, 1.82) is 0 Å². The lowest BCUT2D eigenvalue weighted by Gasteiger charge is -2.32. The first-order valence-corrected chi connectivity index (χ1v) is 10.1. The zero-order valence-corrected chi connectivity index (χ0v) is 17.2. The Hall–Kier alpha value is -3.20. The van der Waals surface area contributed by atoms with Crippen LogP contribution in [0, 0.1) is 0 Å². The molecule has 3 aromatic rings. The van der Waals surface area contributed by atoms with E-state index in [1.807, 2.05) is 6.07 Å². The summed E-state index contributed by atoms with van der Waals surface area (Å²) in [6.45, 7) is 4.47. The van der Waals surface area contributed by atoms with Crippen molar-refractivity contribution >= 4 is 22.8 Å². The molecule has 0 radical (unpaired) electrons. The predicted octanol–water partition coefficient (Wildman–Crippen LogP) is 1.84. The molecule has 30 heavy (non-hydrogen) atoms. The fourth-order valence-electron chi connectivity index (χ4n) is 4.05. The highest BCUT2D eigenvalue weighted by Crippen LogP contribution is 2.34. The number of rotatable bonds is 4. The van der Waals surface area contributed by atoms with Gasteiger partial charge in [0.15, 0.2) is 17.3 Å². The van der Waals surface area contributed by atoms with Gasteiger partial charge in [0.1, 0.15) is 17.4 Å². The predicted molar refractivity (Wildman–Crippen MR) is 112 cm³/mol. The summed E-state index contributed by atoms with van der Waals surface area (Å²) in [7, 11) is 3.32. The van der Waals surface area contributed by atoms with Crippen molar-refractivity contribution in [2.75, 3.05) is 56.9 Å². The summed E-state index contributed by atoms with van der Waals surface area (Å²) in [6.07, 6.45) is 4.19. The van der Waals surface area contributed by atoms with Crippen LogP contribution in [-0.2, 0) is 17.7 Å². The van der Waals surface area contributed by atoms with Crippen molar-refractivity contribution in [3.63, 3.8) is 0 Å². The van der Waals surface area contributed by atoms with Crippen molar-refractivity contribution in [3.05, 3.63) is 35.8 Å². The maximum absolute atomic E-state index is 5.51.